The number of hydrogen-bond acceptors (Lipinski definition) is 5. The molecule has 2 N–H and O–H groups in total. The molecule has 1 heterocycles. The first-order valence-corrected chi connectivity index (χ1v) is 5.46. The highest BCUT2D eigenvalue weighted by molar-refractivity contribution is 5.47. The Morgan fingerprint density at radius 1 is 1.10 bits per heavy atom. The predicted molar refractivity (Wildman–Crippen MR) is 64.4 cm³/mol. The molecule has 2 rings (SSSR count). The number of aromatic nitrogens is 2. The minimum Gasteiger partial charge on any atom is -0.435 e. The van der Waals surface area contributed by atoms with Gasteiger partial charge in [-0.2, -0.15) is 0 Å². The summed E-state index contributed by atoms with van der Waals surface area (Å²) in [5.74, 6) is -0.331. The summed E-state index contributed by atoms with van der Waals surface area (Å²) < 4.78 is 46.0. The summed E-state index contributed by atoms with van der Waals surface area (Å²) in [6.07, 6.45) is -3.65. The Bertz CT molecular complexity index is 617. The fraction of sp³-hybridized carbons (Fsp3) is 0.167. The molecule has 0 fully saturated rings. The topological polar surface area (TPSA) is 70.3 Å². The molecule has 0 aliphatic carbocycles. The molecule has 0 saturated heterocycles. The number of rotatable bonds is 3. The number of hydrogen-bond donors (Lipinski definition) is 1. The molecule has 1 aromatic heterocycles. The monoisotopic (exact) mass is 285 g/mol. The number of ether oxygens (including phenoxy) is 2. The molecule has 0 saturated carbocycles. The Morgan fingerprint density at radius 2 is 1.75 bits per heavy atom. The molecule has 0 bridgehead atoms. The zero-order valence-electron chi connectivity index (χ0n) is 10.3. The maximum Gasteiger partial charge on any atom is 0.573 e. The van der Waals surface area contributed by atoms with Crippen LogP contribution in [0, 0.1) is 6.92 Å². The van der Waals surface area contributed by atoms with E-state index in [4.69, 9.17) is 10.5 Å². The highest BCUT2D eigenvalue weighted by Crippen LogP contribution is 2.35. The molecule has 20 heavy (non-hydrogen) atoms. The van der Waals surface area contributed by atoms with Crippen molar-refractivity contribution in [1.82, 2.24) is 9.97 Å². The molecule has 5 nitrogen and oxygen atoms in total. The second-order valence-electron chi connectivity index (χ2n) is 3.79. The van der Waals surface area contributed by atoms with Gasteiger partial charge in [-0.1, -0.05) is 12.1 Å². The maximum absolute atomic E-state index is 12.3. The number of nitrogens with zero attached hydrogens (tertiary/aromatic N) is 2. The van der Waals surface area contributed by atoms with E-state index in [1.807, 2.05) is 0 Å². The molecule has 106 valence electrons. The zero-order chi connectivity index (χ0) is 14.8. The minimum absolute atomic E-state index is 0.0655. The first-order valence-electron chi connectivity index (χ1n) is 5.46. The van der Waals surface area contributed by atoms with Gasteiger partial charge in [0, 0.05) is 0 Å². The van der Waals surface area contributed by atoms with E-state index < -0.39 is 12.1 Å². The Morgan fingerprint density at radius 3 is 2.40 bits per heavy atom. The molecule has 0 amide bonds. The van der Waals surface area contributed by atoms with Crippen LogP contribution in [0.2, 0.25) is 0 Å². The Labute approximate surface area is 112 Å². The number of nitrogen functional groups attached to an aromatic ring is 1. The van der Waals surface area contributed by atoms with Crippen LogP contribution in [0.15, 0.2) is 30.6 Å². The van der Waals surface area contributed by atoms with E-state index in [1.165, 1.54) is 18.2 Å². The van der Waals surface area contributed by atoms with E-state index in [1.54, 1.807) is 6.92 Å². The van der Waals surface area contributed by atoms with Crippen LogP contribution in [0.3, 0.4) is 0 Å². The van der Waals surface area contributed by atoms with Crippen LogP contribution < -0.4 is 15.2 Å². The Balaban J connectivity index is 2.32. The summed E-state index contributed by atoms with van der Waals surface area (Å²) in [5.41, 5.74) is 6.00. The Kier molecular flexibility index (Phi) is 3.64. The smallest absolute Gasteiger partial charge is 0.435 e. The van der Waals surface area contributed by atoms with Crippen LogP contribution >= 0.6 is 0 Å². The summed E-state index contributed by atoms with van der Waals surface area (Å²) in [5, 5.41) is 0. The minimum atomic E-state index is -4.81. The van der Waals surface area contributed by atoms with Crippen molar-refractivity contribution in [2.75, 3.05) is 5.73 Å². The fourth-order valence-corrected chi connectivity index (χ4v) is 1.40. The summed E-state index contributed by atoms with van der Waals surface area (Å²) in [6, 6.07) is 5.38. The van der Waals surface area contributed by atoms with Crippen molar-refractivity contribution in [1.29, 1.82) is 0 Å². The molecule has 0 spiro atoms. The highest BCUT2D eigenvalue weighted by Gasteiger charge is 2.32. The van der Waals surface area contributed by atoms with Gasteiger partial charge in [-0.15, -0.1) is 13.2 Å². The first-order chi connectivity index (χ1) is 9.37. The molecule has 0 atom stereocenters. The van der Waals surface area contributed by atoms with Gasteiger partial charge in [0.2, 0.25) is 5.88 Å². The Hall–Kier alpha value is -2.51. The lowest BCUT2D eigenvalue weighted by molar-refractivity contribution is -0.275. The lowest BCUT2D eigenvalue weighted by Crippen LogP contribution is -2.17. The van der Waals surface area contributed by atoms with Crippen molar-refractivity contribution in [3.63, 3.8) is 0 Å². The first kappa shape index (κ1) is 13.9. The van der Waals surface area contributed by atoms with Gasteiger partial charge in [0.1, 0.15) is 12.1 Å². The van der Waals surface area contributed by atoms with E-state index in [9.17, 15) is 13.2 Å². The number of para-hydroxylation sites is 2. The summed E-state index contributed by atoms with van der Waals surface area (Å²) in [4.78, 5) is 7.56. The van der Waals surface area contributed by atoms with Crippen molar-refractivity contribution >= 4 is 5.82 Å². The normalized spacial score (nSPS) is 11.2. The molecule has 2 aromatic rings. The van der Waals surface area contributed by atoms with Gasteiger partial charge >= 0.3 is 6.36 Å². The van der Waals surface area contributed by atoms with Crippen molar-refractivity contribution in [3.05, 3.63) is 36.2 Å². The van der Waals surface area contributed by atoms with Gasteiger partial charge < -0.3 is 15.2 Å². The number of halogens is 3. The summed E-state index contributed by atoms with van der Waals surface area (Å²) in [6.45, 7) is 1.60. The van der Waals surface area contributed by atoms with Crippen molar-refractivity contribution in [2.45, 2.75) is 13.3 Å². The van der Waals surface area contributed by atoms with Crippen LogP contribution in [-0.2, 0) is 0 Å². The second kappa shape index (κ2) is 5.24. The fourth-order valence-electron chi connectivity index (χ4n) is 1.40. The van der Waals surface area contributed by atoms with E-state index in [2.05, 4.69) is 14.7 Å². The highest BCUT2D eigenvalue weighted by atomic mass is 19.4. The van der Waals surface area contributed by atoms with Crippen molar-refractivity contribution < 1.29 is 22.6 Å². The SMILES string of the molecule is Cc1c(N)ncnc1Oc1ccccc1OC(F)(F)F. The number of alkyl halides is 3. The van der Waals surface area contributed by atoms with E-state index in [0.717, 1.165) is 12.4 Å². The van der Waals surface area contributed by atoms with Crippen LogP contribution in [0.4, 0.5) is 19.0 Å². The quantitative estimate of drug-likeness (QED) is 0.938. The van der Waals surface area contributed by atoms with Crippen LogP contribution in [0.25, 0.3) is 0 Å². The standard InChI is InChI=1S/C12H10F3N3O2/c1-7-10(16)17-6-18-11(7)19-8-4-2-3-5-9(8)20-12(13,14)15/h2-6H,1H3,(H2,16,17,18). The van der Waals surface area contributed by atoms with Crippen molar-refractivity contribution in [3.8, 4) is 17.4 Å². The van der Waals surface area contributed by atoms with Crippen LogP contribution in [-0.4, -0.2) is 16.3 Å². The molecule has 0 radical (unpaired) electrons. The molecular weight excluding hydrogens is 275 g/mol. The van der Waals surface area contributed by atoms with E-state index in [-0.39, 0.29) is 17.4 Å². The van der Waals surface area contributed by atoms with Crippen molar-refractivity contribution in [2.24, 2.45) is 0 Å². The number of benzene rings is 1. The average molecular weight is 285 g/mol. The second-order valence-corrected chi connectivity index (χ2v) is 3.79. The number of nitrogens with two attached hydrogens (primary N) is 1. The predicted octanol–water partition coefficient (Wildman–Crippen LogP) is 3.06. The molecule has 0 aliphatic rings. The third-order valence-corrected chi connectivity index (χ3v) is 2.36. The lowest BCUT2D eigenvalue weighted by Gasteiger charge is -2.14. The molecule has 0 aliphatic heterocycles. The van der Waals surface area contributed by atoms with Gasteiger partial charge in [0.25, 0.3) is 0 Å². The molecule has 0 unspecified atom stereocenters. The van der Waals surface area contributed by atoms with E-state index in [0.29, 0.717) is 5.56 Å². The zero-order valence-corrected chi connectivity index (χ0v) is 10.3. The van der Waals surface area contributed by atoms with Crippen LogP contribution in [0.5, 0.6) is 17.4 Å². The summed E-state index contributed by atoms with van der Waals surface area (Å²) in [7, 11) is 0. The number of anilines is 1. The molecule has 8 heteroatoms. The average Bonchev–Trinajstić information content (AvgIpc) is 2.35. The van der Waals surface area contributed by atoms with Gasteiger partial charge in [-0.25, -0.2) is 9.97 Å². The molecule has 1 aromatic carbocycles. The third kappa shape index (κ3) is 3.28. The van der Waals surface area contributed by atoms with Crippen LogP contribution in [0.1, 0.15) is 5.56 Å². The largest absolute Gasteiger partial charge is 0.573 e. The van der Waals surface area contributed by atoms with Gasteiger partial charge in [0.05, 0.1) is 5.56 Å². The lowest BCUT2D eigenvalue weighted by atomic mass is 10.3. The van der Waals surface area contributed by atoms with Gasteiger partial charge in [0.15, 0.2) is 11.5 Å². The van der Waals surface area contributed by atoms with E-state index >= 15 is 0 Å². The maximum atomic E-state index is 12.3. The molecular formula is C12H10F3N3O2. The van der Waals surface area contributed by atoms with Gasteiger partial charge in [-0.3, -0.25) is 0 Å². The van der Waals surface area contributed by atoms with Gasteiger partial charge in [-0.05, 0) is 19.1 Å². The summed E-state index contributed by atoms with van der Waals surface area (Å²) >= 11 is 0. The third-order valence-electron chi connectivity index (χ3n) is 2.36.